The standard InChI is InChI=1S/C14H13NO2/c1-2-10-5-11(3-4-12(10)9-16)13-6-14(17)8-15-7-13/h3-9,17H,2H2,1H3. The monoisotopic (exact) mass is 227 g/mol. The van der Waals surface area contributed by atoms with E-state index in [2.05, 4.69) is 4.98 Å². The van der Waals surface area contributed by atoms with Gasteiger partial charge < -0.3 is 5.11 Å². The van der Waals surface area contributed by atoms with Crippen LogP contribution >= 0.6 is 0 Å². The molecule has 1 aromatic heterocycles. The highest BCUT2D eigenvalue weighted by atomic mass is 16.3. The van der Waals surface area contributed by atoms with Gasteiger partial charge in [-0.1, -0.05) is 25.1 Å². The van der Waals surface area contributed by atoms with Gasteiger partial charge in [0.05, 0.1) is 6.20 Å². The fraction of sp³-hybridized carbons (Fsp3) is 0.143. The number of carbonyl (C=O) groups excluding carboxylic acids is 1. The van der Waals surface area contributed by atoms with E-state index >= 15 is 0 Å². The first-order valence-corrected chi connectivity index (χ1v) is 5.47. The zero-order valence-electron chi connectivity index (χ0n) is 9.55. The van der Waals surface area contributed by atoms with E-state index in [1.54, 1.807) is 18.3 Å². The third-order valence-corrected chi connectivity index (χ3v) is 2.71. The molecule has 86 valence electrons. The van der Waals surface area contributed by atoms with Gasteiger partial charge in [-0.05, 0) is 23.6 Å². The molecular weight excluding hydrogens is 214 g/mol. The summed E-state index contributed by atoms with van der Waals surface area (Å²) in [5.74, 6) is 0.139. The Morgan fingerprint density at radius 2 is 2.06 bits per heavy atom. The van der Waals surface area contributed by atoms with Crippen LogP contribution in [-0.2, 0) is 6.42 Å². The average Bonchev–Trinajstić information content (AvgIpc) is 2.38. The van der Waals surface area contributed by atoms with Crippen molar-refractivity contribution in [3.05, 3.63) is 47.8 Å². The highest BCUT2D eigenvalue weighted by molar-refractivity contribution is 5.79. The Hall–Kier alpha value is -2.16. The van der Waals surface area contributed by atoms with Crippen molar-refractivity contribution in [3.8, 4) is 16.9 Å². The van der Waals surface area contributed by atoms with Crippen molar-refractivity contribution in [1.29, 1.82) is 0 Å². The number of aromatic nitrogens is 1. The second kappa shape index (κ2) is 4.78. The Morgan fingerprint density at radius 1 is 1.24 bits per heavy atom. The maximum Gasteiger partial charge on any atom is 0.150 e. The number of aryl methyl sites for hydroxylation is 1. The van der Waals surface area contributed by atoms with Crippen molar-refractivity contribution in [3.63, 3.8) is 0 Å². The van der Waals surface area contributed by atoms with Crippen LogP contribution in [0.2, 0.25) is 0 Å². The summed E-state index contributed by atoms with van der Waals surface area (Å²) in [6.45, 7) is 2.01. The lowest BCUT2D eigenvalue weighted by atomic mass is 9.99. The van der Waals surface area contributed by atoms with E-state index in [0.717, 1.165) is 29.4 Å². The first-order valence-electron chi connectivity index (χ1n) is 5.47. The maximum absolute atomic E-state index is 10.8. The van der Waals surface area contributed by atoms with Gasteiger partial charge in [0.1, 0.15) is 12.0 Å². The Kier molecular flexibility index (Phi) is 3.19. The lowest BCUT2D eigenvalue weighted by Gasteiger charge is -2.06. The van der Waals surface area contributed by atoms with Gasteiger partial charge in [-0.3, -0.25) is 9.78 Å². The van der Waals surface area contributed by atoms with Crippen molar-refractivity contribution in [2.45, 2.75) is 13.3 Å². The predicted molar refractivity (Wildman–Crippen MR) is 66.1 cm³/mol. The number of benzene rings is 1. The van der Waals surface area contributed by atoms with Crippen LogP contribution in [0.4, 0.5) is 0 Å². The van der Waals surface area contributed by atoms with Crippen LogP contribution in [0.3, 0.4) is 0 Å². The molecule has 0 unspecified atom stereocenters. The molecule has 0 fully saturated rings. The fourth-order valence-corrected chi connectivity index (χ4v) is 1.79. The van der Waals surface area contributed by atoms with Gasteiger partial charge in [0, 0.05) is 17.3 Å². The molecule has 1 N–H and O–H groups in total. The number of pyridine rings is 1. The van der Waals surface area contributed by atoms with Crippen LogP contribution in [0.5, 0.6) is 5.75 Å². The summed E-state index contributed by atoms with van der Waals surface area (Å²) in [4.78, 5) is 14.8. The molecule has 0 aliphatic carbocycles. The molecule has 0 aliphatic heterocycles. The van der Waals surface area contributed by atoms with Gasteiger partial charge in [-0.25, -0.2) is 0 Å². The number of rotatable bonds is 3. The van der Waals surface area contributed by atoms with Gasteiger partial charge in [-0.15, -0.1) is 0 Å². The quantitative estimate of drug-likeness (QED) is 0.820. The van der Waals surface area contributed by atoms with E-state index in [4.69, 9.17) is 0 Å². The Labute approximate surface area is 99.8 Å². The Bertz CT molecular complexity index is 550. The average molecular weight is 227 g/mol. The largest absolute Gasteiger partial charge is 0.506 e. The maximum atomic E-state index is 10.8. The number of hydrogen-bond donors (Lipinski definition) is 1. The van der Waals surface area contributed by atoms with E-state index in [1.807, 2.05) is 19.1 Å². The van der Waals surface area contributed by atoms with Crippen LogP contribution in [0.15, 0.2) is 36.7 Å². The van der Waals surface area contributed by atoms with Crippen molar-refractivity contribution in [1.82, 2.24) is 4.98 Å². The van der Waals surface area contributed by atoms with E-state index < -0.39 is 0 Å². The first kappa shape index (κ1) is 11.3. The normalized spacial score (nSPS) is 10.2. The minimum atomic E-state index is 0.139. The molecule has 3 nitrogen and oxygen atoms in total. The number of nitrogens with zero attached hydrogens (tertiary/aromatic N) is 1. The summed E-state index contributed by atoms with van der Waals surface area (Å²) in [5, 5.41) is 9.38. The molecule has 2 rings (SSSR count). The summed E-state index contributed by atoms with van der Waals surface area (Å²) >= 11 is 0. The van der Waals surface area contributed by atoms with Gasteiger partial charge in [0.15, 0.2) is 0 Å². The molecular formula is C14H13NO2. The van der Waals surface area contributed by atoms with Gasteiger partial charge in [-0.2, -0.15) is 0 Å². The molecule has 0 saturated heterocycles. The van der Waals surface area contributed by atoms with Crippen molar-refractivity contribution >= 4 is 6.29 Å². The molecule has 0 atom stereocenters. The molecule has 3 heteroatoms. The third-order valence-electron chi connectivity index (χ3n) is 2.71. The minimum absolute atomic E-state index is 0.139. The molecule has 0 aliphatic rings. The summed E-state index contributed by atoms with van der Waals surface area (Å²) in [6, 6.07) is 7.27. The molecule has 2 aromatic rings. The zero-order valence-corrected chi connectivity index (χ0v) is 9.55. The Morgan fingerprint density at radius 3 is 2.71 bits per heavy atom. The van der Waals surface area contributed by atoms with Crippen molar-refractivity contribution in [2.24, 2.45) is 0 Å². The summed E-state index contributed by atoms with van der Waals surface area (Å²) in [5.41, 5.74) is 3.51. The molecule has 1 heterocycles. The molecule has 0 amide bonds. The Balaban J connectivity index is 2.50. The predicted octanol–water partition coefficient (Wildman–Crippen LogP) is 2.83. The van der Waals surface area contributed by atoms with Gasteiger partial charge in [0.2, 0.25) is 0 Å². The van der Waals surface area contributed by atoms with E-state index in [0.29, 0.717) is 5.56 Å². The molecule has 0 saturated carbocycles. The summed E-state index contributed by atoms with van der Waals surface area (Å²) < 4.78 is 0. The van der Waals surface area contributed by atoms with Crippen LogP contribution in [-0.4, -0.2) is 16.4 Å². The second-order valence-electron chi connectivity index (χ2n) is 3.82. The third kappa shape index (κ3) is 2.33. The lowest BCUT2D eigenvalue weighted by molar-refractivity contribution is 0.112. The SMILES string of the molecule is CCc1cc(-c2cncc(O)c2)ccc1C=O. The molecule has 0 spiro atoms. The van der Waals surface area contributed by atoms with Crippen LogP contribution in [0.1, 0.15) is 22.8 Å². The van der Waals surface area contributed by atoms with E-state index in [1.165, 1.54) is 6.20 Å². The van der Waals surface area contributed by atoms with Crippen LogP contribution < -0.4 is 0 Å². The van der Waals surface area contributed by atoms with Gasteiger partial charge >= 0.3 is 0 Å². The number of aldehydes is 1. The molecule has 0 bridgehead atoms. The first-order chi connectivity index (χ1) is 8.24. The second-order valence-corrected chi connectivity index (χ2v) is 3.82. The van der Waals surface area contributed by atoms with Gasteiger partial charge in [0.25, 0.3) is 0 Å². The fourth-order valence-electron chi connectivity index (χ4n) is 1.79. The smallest absolute Gasteiger partial charge is 0.150 e. The number of hydrogen-bond acceptors (Lipinski definition) is 3. The van der Waals surface area contributed by atoms with E-state index in [9.17, 15) is 9.90 Å². The number of carbonyl (C=O) groups is 1. The molecule has 1 aromatic carbocycles. The summed E-state index contributed by atoms with van der Waals surface area (Å²) in [6.07, 6.45) is 4.75. The van der Waals surface area contributed by atoms with Crippen molar-refractivity contribution < 1.29 is 9.90 Å². The van der Waals surface area contributed by atoms with Crippen molar-refractivity contribution in [2.75, 3.05) is 0 Å². The minimum Gasteiger partial charge on any atom is -0.506 e. The van der Waals surface area contributed by atoms with Crippen LogP contribution in [0, 0.1) is 0 Å². The topological polar surface area (TPSA) is 50.2 Å². The summed E-state index contributed by atoms with van der Waals surface area (Å²) in [7, 11) is 0. The number of aromatic hydroxyl groups is 1. The molecule has 0 radical (unpaired) electrons. The highest BCUT2D eigenvalue weighted by Gasteiger charge is 2.04. The lowest BCUT2D eigenvalue weighted by Crippen LogP contribution is -1.91. The van der Waals surface area contributed by atoms with E-state index in [-0.39, 0.29) is 5.75 Å². The highest BCUT2D eigenvalue weighted by Crippen LogP contribution is 2.24. The van der Waals surface area contributed by atoms with Crippen LogP contribution in [0.25, 0.3) is 11.1 Å². The molecule has 17 heavy (non-hydrogen) atoms. The zero-order chi connectivity index (χ0) is 12.3.